The Labute approximate surface area is 215 Å². The summed E-state index contributed by atoms with van der Waals surface area (Å²) in [6.07, 6.45) is -0.887. The molecule has 0 bridgehead atoms. The van der Waals surface area contributed by atoms with Crippen LogP contribution in [0.25, 0.3) is 5.82 Å². The van der Waals surface area contributed by atoms with Crippen LogP contribution in [0.4, 0.5) is 24.8 Å². The lowest BCUT2D eigenvalue weighted by Gasteiger charge is -2.52. The van der Waals surface area contributed by atoms with Gasteiger partial charge < -0.3 is 15.5 Å². The molecule has 198 valence electrons. The van der Waals surface area contributed by atoms with E-state index in [0.717, 1.165) is 18.5 Å². The number of amides is 1. The lowest BCUT2D eigenvalue weighted by atomic mass is 9.81. The SMILES string of the molecule is CS(=O)(=O)CC(=O)Nc1c2c(nn1-c1ccc(C#N)cn1)CC1(CN(c3ccc(C(F)(F)F)cn3)C1)NC2. The van der Waals surface area contributed by atoms with Crippen LogP contribution in [0.1, 0.15) is 22.4 Å². The van der Waals surface area contributed by atoms with Crippen molar-refractivity contribution < 1.29 is 26.4 Å². The van der Waals surface area contributed by atoms with Gasteiger partial charge in [-0.2, -0.15) is 28.2 Å². The number of hydrogen-bond acceptors (Lipinski definition) is 9. The highest BCUT2D eigenvalue weighted by atomic mass is 32.2. The molecule has 3 aromatic heterocycles. The minimum Gasteiger partial charge on any atom is -0.353 e. The van der Waals surface area contributed by atoms with Gasteiger partial charge in [-0.25, -0.2) is 18.4 Å². The summed E-state index contributed by atoms with van der Waals surface area (Å²) in [4.78, 5) is 22.5. The molecule has 2 N–H and O–H groups in total. The summed E-state index contributed by atoms with van der Waals surface area (Å²) >= 11 is 0. The van der Waals surface area contributed by atoms with Gasteiger partial charge in [-0.15, -0.1) is 0 Å². The fourth-order valence-corrected chi connectivity index (χ4v) is 5.12. The van der Waals surface area contributed by atoms with Gasteiger partial charge in [0.05, 0.1) is 22.4 Å². The van der Waals surface area contributed by atoms with Crippen LogP contribution in [0.3, 0.4) is 0 Å². The summed E-state index contributed by atoms with van der Waals surface area (Å²) in [5, 5.41) is 19.8. The number of nitrogens with zero attached hydrogens (tertiary/aromatic N) is 6. The second-order valence-electron chi connectivity index (χ2n) is 9.39. The van der Waals surface area contributed by atoms with E-state index in [4.69, 9.17) is 5.26 Å². The van der Waals surface area contributed by atoms with Crippen LogP contribution in [0.15, 0.2) is 36.7 Å². The molecule has 0 radical (unpaired) electrons. The molecular formula is C23H21F3N8O3S. The maximum absolute atomic E-state index is 12.9. The number of hydrogen-bond donors (Lipinski definition) is 2. The van der Waals surface area contributed by atoms with Gasteiger partial charge in [-0.1, -0.05) is 0 Å². The van der Waals surface area contributed by atoms with Gasteiger partial charge in [0.1, 0.15) is 23.5 Å². The third-order valence-corrected chi connectivity index (χ3v) is 7.13. The number of alkyl halides is 3. The van der Waals surface area contributed by atoms with Crippen LogP contribution in [0.2, 0.25) is 0 Å². The molecular weight excluding hydrogens is 525 g/mol. The van der Waals surface area contributed by atoms with Crippen molar-refractivity contribution in [3.8, 4) is 11.9 Å². The number of carbonyl (C=O) groups excluding carboxylic acids is 1. The van der Waals surface area contributed by atoms with Gasteiger partial charge in [-0.3, -0.25) is 4.79 Å². The maximum Gasteiger partial charge on any atom is 0.417 e. The van der Waals surface area contributed by atoms with Gasteiger partial charge in [0.2, 0.25) is 5.91 Å². The number of pyridine rings is 2. The Morgan fingerprint density at radius 2 is 1.89 bits per heavy atom. The smallest absolute Gasteiger partial charge is 0.353 e. The normalized spacial score (nSPS) is 16.4. The Morgan fingerprint density at radius 1 is 1.18 bits per heavy atom. The number of rotatable bonds is 5. The predicted molar refractivity (Wildman–Crippen MR) is 129 cm³/mol. The topological polar surface area (TPSA) is 146 Å². The summed E-state index contributed by atoms with van der Waals surface area (Å²) in [6, 6.07) is 7.42. The van der Waals surface area contributed by atoms with Crippen molar-refractivity contribution in [2.45, 2.75) is 24.7 Å². The van der Waals surface area contributed by atoms with E-state index >= 15 is 0 Å². The van der Waals surface area contributed by atoms with E-state index in [2.05, 4.69) is 25.7 Å². The third kappa shape index (κ3) is 5.04. The molecule has 2 aliphatic rings. The molecule has 1 amide bonds. The maximum atomic E-state index is 12.9. The van der Waals surface area contributed by atoms with Crippen LogP contribution < -0.4 is 15.5 Å². The van der Waals surface area contributed by atoms with Crippen molar-refractivity contribution >= 4 is 27.4 Å². The van der Waals surface area contributed by atoms with Gasteiger partial charge in [-0.05, 0) is 24.3 Å². The van der Waals surface area contributed by atoms with Gasteiger partial charge in [0, 0.05) is 50.3 Å². The molecule has 15 heteroatoms. The Hall–Kier alpha value is -4.03. The van der Waals surface area contributed by atoms with Crippen LogP contribution >= 0.6 is 0 Å². The molecule has 5 heterocycles. The van der Waals surface area contributed by atoms with E-state index in [9.17, 15) is 26.4 Å². The molecule has 5 rings (SSSR count). The molecule has 0 aromatic carbocycles. The second-order valence-corrected chi connectivity index (χ2v) is 11.5. The number of halogens is 3. The fraction of sp³-hybridized carbons (Fsp3) is 0.348. The van der Waals surface area contributed by atoms with E-state index in [-0.39, 0.29) is 5.82 Å². The first-order chi connectivity index (χ1) is 17.9. The highest BCUT2D eigenvalue weighted by molar-refractivity contribution is 7.91. The first-order valence-corrected chi connectivity index (χ1v) is 13.4. The van der Waals surface area contributed by atoms with Gasteiger partial charge in [0.15, 0.2) is 15.7 Å². The Bertz CT molecular complexity index is 1540. The molecule has 1 spiro atoms. The Kier molecular flexibility index (Phi) is 6.11. The lowest BCUT2D eigenvalue weighted by molar-refractivity contribution is -0.137. The van der Waals surface area contributed by atoms with Crippen molar-refractivity contribution in [1.29, 1.82) is 5.26 Å². The molecule has 0 saturated carbocycles. The average molecular weight is 547 g/mol. The van der Waals surface area contributed by atoms with E-state index in [1.54, 1.807) is 12.1 Å². The summed E-state index contributed by atoms with van der Waals surface area (Å²) < 4.78 is 63.2. The van der Waals surface area contributed by atoms with Crippen LogP contribution in [-0.2, 0) is 33.8 Å². The first kappa shape index (κ1) is 25.6. The minimum absolute atomic E-state index is 0.272. The standard InChI is InChI=1S/C23H21F3N8O3S/c1-38(36,37)11-20(35)31-21-16-10-30-22(6-17(16)32-34(21)19-4-2-14(7-27)8-28-19)12-33(13-22)18-5-3-15(9-29-18)23(24,25)26/h2-5,8-9,30H,6,10-13H2,1H3,(H,31,35). The van der Waals surface area contributed by atoms with Crippen molar-refractivity contribution in [2.24, 2.45) is 0 Å². The molecule has 3 aromatic rings. The number of nitrogens with one attached hydrogen (secondary N) is 2. The van der Waals surface area contributed by atoms with Gasteiger partial charge in [0.25, 0.3) is 0 Å². The zero-order valence-corrected chi connectivity index (χ0v) is 20.8. The number of aromatic nitrogens is 4. The fourth-order valence-electron chi connectivity index (χ4n) is 4.57. The number of nitriles is 1. The first-order valence-electron chi connectivity index (χ1n) is 11.3. The van der Waals surface area contributed by atoms with Crippen molar-refractivity contribution in [1.82, 2.24) is 25.1 Å². The van der Waals surface area contributed by atoms with E-state index in [1.807, 2.05) is 11.0 Å². The quantitative estimate of drug-likeness (QED) is 0.485. The number of anilines is 2. The molecule has 0 atom stereocenters. The Balaban J connectivity index is 1.39. The highest BCUT2D eigenvalue weighted by Gasteiger charge is 2.47. The summed E-state index contributed by atoms with van der Waals surface area (Å²) in [5.74, 6) is -0.411. The largest absolute Gasteiger partial charge is 0.417 e. The molecule has 0 unspecified atom stereocenters. The Morgan fingerprint density at radius 3 is 2.47 bits per heavy atom. The van der Waals surface area contributed by atoms with E-state index in [0.29, 0.717) is 54.5 Å². The van der Waals surface area contributed by atoms with Gasteiger partial charge >= 0.3 is 6.18 Å². The zero-order chi connectivity index (χ0) is 27.3. The van der Waals surface area contributed by atoms with E-state index < -0.39 is 38.8 Å². The molecule has 1 saturated heterocycles. The third-order valence-electron chi connectivity index (χ3n) is 6.34. The second kappa shape index (κ2) is 9.07. The molecule has 38 heavy (non-hydrogen) atoms. The molecule has 0 aliphatic carbocycles. The average Bonchev–Trinajstić information content (AvgIpc) is 3.18. The molecule has 2 aliphatic heterocycles. The number of sulfone groups is 1. The zero-order valence-electron chi connectivity index (χ0n) is 19.9. The lowest BCUT2D eigenvalue weighted by Crippen LogP contribution is -2.71. The molecule has 11 nitrogen and oxygen atoms in total. The summed E-state index contributed by atoms with van der Waals surface area (Å²) in [5.41, 5.74) is 0.423. The monoisotopic (exact) mass is 546 g/mol. The van der Waals surface area contributed by atoms with Crippen LogP contribution in [0, 0.1) is 11.3 Å². The van der Waals surface area contributed by atoms with E-state index in [1.165, 1.54) is 16.9 Å². The summed E-state index contributed by atoms with van der Waals surface area (Å²) in [6.45, 7) is 1.25. The molecule has 1 fully saturated rings. The minimum atomic E-state index is -4.46. The van der Waals surface area contributed by atoms with Crippen LogP contribution in [0.5, 0.6) is 0 Å². The summed E-state index contributed by atoms with van der Waals surface area (Å²) in [7, 11) is -3.57. The van der Waals surface area contributed by atoms with Crippen molar-refractivity contribution in [3.05, 3.63) is 59.0 Å². The predicted octanol–water partition coefficient (Wildman–Crippen LogP) is 1.44. The van der Waals surface area contributed by atoms with Crippen LogP contribution in [-0.4, -0.2) is 64.7 Å². The number of carbonyl (C=O) groups is 1. The highest BCUT2D eigenvalue weighted by Crippen LogP contribution is 2.37. The van der Waals surface area contributed by atoms with Crippen molar-refractivity contribution in [2.75, 3.05) is 35.3 Å². The number of fused-ring (bicyclic) bond motifs is 1. The van der Waals surface area contributed by atoms with Crippen molar-refractivity contribution in [3.63, 3.8) is 0 Å².